The summed E-state index contributed by atoms with van der Waals surface area (Å²) in [6.45, 7) is 13.7. The number of hydrazine groups is 1. The summed E-state index contributed by atoms with van der Waals surface area (Å²) in [5, 5.41) is 6.00. The highest BCUT2D eigenvalue weighted by Crippen LogP contribution is 2.33. The first-order valence-corrected chi connectivity index (χ1v) is 15.9. The van der Waals surface area contributed by atoms with Crippen LogP contribution in [0.15, 0.2) is 24.3 Å². The molecule has 1 aromatic carbocycles. The predicted molar refractivity (Wildman–Crippen MR) is 174 cm³/mol. The second kappa shape index (κ2) is 18.6. The van der Waals surface area contributed by atoms with Gasteiger partial charge in [0.25, 0.3) is 5.91 Å². The van der Waals surface area contributed by atoms with Crippen LogP contribution >= 0.6 is 11.6 Å². The predicted octanol–water partition coefficient (Wildman–Crippen LogP) is 3.15. The summed E-state index contributed by atoms with van der Waals surface area (Å²) in [4.78, 5) is 73.3. The lowest BCUT2D eigenvalue weighted by molar-refractivity contribution is -0.138. The number of primary amides is 1. The van der Waals surface area contributed by atoms with Gasteiger partial charge in [-0.3, -0.25) is 25.0 Å². The molecule has 2 fully saturated rings. The summed E-state index contributed by atoms with van der Waals surface area (Å²) in [6, 6.07) is 3.23. The highest BCUT2D eigenvalue weighted by Gasteiger charge is 2.40. The first-order valence-electron chi connectivity index (χ1n) is 15.5. The molecule has 1 saturated carbocycles. The minimum absolute atomic E-state index is 0.171. The molecule has 45 heavy (non-hydrogen) atoms. The van der Waals surface area contributed by atoms with E-state index < -0.39 is 47.3 Å². The standard InChI is InChI=1S/C23H32ClN3O4.C7H13N3O2.C2H6/c1-14(2)18(19(29)15-8-10-16(24)11-9-15)25-22(31)26-20(23(3,4)5)21(30)27-12-6-7-17(27)13-28;8-7(12)6(11)5(10-9)3-4-1-2-4;1-2/h8-11,13-14,17-18,20H,6-7,12H2,1-5H3,(H2,25,26,31);4-5,10H,1-3,9H2,(H2,8,12);1-2H3. The molecule has 0 radical (unpaired) electrons. The third-order valence-corrected chi connectivity index (χ3v) is 7.77. The molecule has 1 aliphatic heterocycles. The fourth-order valence-corrected chi connectivity index (χ4v) is 4.90. The molecule has 12 nitrogen and oxygen atoms in total. The Kier molecular flexibility index (Phi) is 16.4. The molecule has 3 rings (SSSR count). The molecule has 0 bridgehead atoms. The number of aldehydes is 1. The highest BCUT2D eigenvalue weighted by atomic mass is 35.5. The zero-order valence-corrected chi connectivity index (χ0v) is 28.3. The number of nitrogens with zero attached hydrogens (tertiary/aromatic N) is 1. The minimum atomic E-state index is -0.918. The van der Waals surface area contributed by atoms with Gasteiger partial charge in [0, 0.05) is 17.1 Å². The van der Waals surface area contributed by atoms with Crippen LogP contribution in [0.2, 0.25) is 5.02 Å². The summed E-state index contributed by atoms with van der Waals surface area (Å²) in [5.41, 5.74) is 6.99. The molecule has 1 saturated heterocycles. The van der Waals surface area contributed by atoms with Crippen molar-refractivity contribution >= 4 is 47.3 Å². The molecule has 13 heteroatoms. The van der Waals surface area contributed by atoms with Crippen molar-refractivity contribution in [3.8, 4) is 0 Å². The van der Waals surface area contributed by atoms with E-state index in [1.165, 1.54) is 4.90 Å². The van der Waals surface area contributed by atoms with Crippen LogP contribution in [-0.2, 0) is 19.2 Å². The Labute approximate surface area is 271 Å². The summed E-state index contributed by atoms with van der Waals surface area (Å²) in [5.74, 6) is 3.41. The molecule has 4 amide bonds. The van der Waals surface area contributed by atoms with Gasteiger partial charge in [-0.1, -0.05) is 72.9 Å². The second-order valence-electron chi connectivity index (χ2n) is 12.5. The number of ketones is 2. The van der Waals surface area contributed by atoms with E-state index in [1.54, 1.807) is 24.3 Å². The van der Waals surface area contributed by atoms with E-state index in [0.29, 0.717) is 35.9 Å². The monoisotopic (exact) mass is 650 g/mol. The quantitative estimate of drug-likeness (QED) is 0.0748. The van der Waals surface area contributed by atoms with Gasteiger partial charge in [0.2, 0.25) is 11.7 Å². The molecule has 4 unspecified atom stereocenters. The normalized spacial score (nSPS) is 17.8. The fourth-order valence-electron chi connectivity index (χ4n) is 4.77. The van der Waals surface area contributed by atoms with Gasteiger partial charge in [-0.15, -0.1) is 0 Å². The van der Waals surface area contributed by atoms with E-state index in [1.807, 2.05) is 48.5 Å². The van der Waals surface area contributed by atoms with Crippen LogP contribution in [0.1, 0.15) is 90.9 Å². The molecule has 4 atom stereocenters. The molecule has 0 spiro atoms. The number of hydrogen-bond acceptors (Lipinski definition) is 8. The van der Waals surface area contributed by atoms with Crippen molar-refractivity contribution in [2.45, 2.75) is 105 Å². The minimum Gasteiger partial charge on any atom is -0.363 e. The smallest absolute Gasteiger partial charge is 0.316 e. The van der Waals surface area contributed by atoms with Crippen LogP contribution in [0.25, 0.3) is 0 Å². The Hall–Kier alpha value is -3.35. The van der Waals surface area contributed by atoms with Gasteiger partial charge in [-0.2, -0.15) is 0 Å². The van der Waals surface area contributed by atoms with Crippen molar-refractivity contribution in [2.75, 3.05) is 6.54 Å². The van der Waals surface area contributed by atoms with Gasteiger partial charge >= 0.3 is 6.03 Å². The van der Waals surface area contributed by atoms with Gasteiger partial charge < -0.3 is 26.1 Å². The Morgan fingerprint density at radius 1 is 1.02 bits per heavy atom. The highest BCUT2D eigenvalue weighted by molar-refractivity contribution is 6.37. The third kappa shape index (κ3) is 12.5. The number of rotatable bonds is 12. The number of Topliss-reactive ketones (excluding diaryl/α,β-unsaturated/α-hetero) is 2. The molecule has 252 valence electrons. The van der Waals surface area contributed by atoms with E-state index in [0.717, 1.165) is 25.5 Å². The number of hydrogen-bond donors (Lipinski definition) is 5. The number of likely N-dealkylation sites (tertiary alicyclic amines) is 1. The molecular formula is C32H51ClN6O6. The molecule has 0 aromatic heterocycles. The molecule has 1 aromatic rings. The summed E-state index contributed by atoms with van der Waals surface area (Å²) in [6.07, 6.45) is 5.02. The van der Waals surface area contributed by atoms with E-state index in [2.05, 4.69) is 16.1 Å². The Morgan fingerprint density at radius 3 is 2.04 bits per heavy atom. The fraction of sp³-hybridized carbons (Fsp3) is 0.625. The maximum absolute atomic E-state index is 13.1. The van der Waals surface area contributed by atoms with Crippen molar-refractivity contribution in [1.82, 2.24) is 21.0 Å². The number of amides is 4. The lowest BCUT2D eigenvalue weighted by Crippen LogP contribution is -2.59. The van der Waals surface area contributed by atoms with Crippen molar-refractivity contribution in [3.63, 3.8) is 0 Å². The number of urea groups is 1. The summed E-state index contributed by atoms with van der Waals surface area (Å²) >= 11 is 5.90. The molecule has 1 heterocycles. The largest absolute Gasteiger partial charge is 0.363 e. The number of carbonyl (C=O) groups is 6. The van der Waals surface area contributed by atoms with Crippen LogP contribution < -0.4 is 27.6 Å². The number of nitrogens with two attached hydrogens (primary N) is 2. The van der Waals surface area contributed by atoms with Gasteiger partial charge in [-0.25, -0.2) is 10.2 Å². The topological polar surface area (TPSA) is 194 Å². The van der Waals surface area contributed by atoms with Crippen LogP contribution in [0.3, 0.4) is 0 Å². The first kappa shape index (κ1) is 39.7. The van der Waals surface area contributed by atoms with E-state index in [4.69, 9.17) is 23.2 Å². The third-order valence-electron chi connectivity index (χ3n) is 7.52. The Morgan fingerprint density at radius 2 is 1.60 bits per heavy atom. The van der Waals surface area contributed by atoms with Gasteiger partial charge in [0.05, 0.1) is 18.1 Å². The van der Waals surface area contributed by atoms with Crippen molar-refractivity contribution < 1.29 is 28.8 Å². The zero-order valence-electron chi connectivity index (χ0n) is 27.5. The van der Waals surface area contributed by atoms with E-state index in [9.17, 15) is 28.8 Å². The van der Waals surface area contributed by atoms with Crippen LogP contribution in [0, 0.1) is 17.3 Å². The molecular weight excluding hydrogens is 600 g/mol. The summed E-state index contributed by atoms with van der Waals surface area (Å²) in [7, 11) is 0. The number of nitrogens with one attached hydrogen (secondary N) is 3. The Balaban J connectivity index is 0.000000601. The first-order chi connectivity index (χ1) is 21.1. The van der Waals surface area contributed by atoms with Gasteiger partial charge in [0.1, 0.15) is 12.3 Å². The van der Waals surface area contributed by atoms with Crippen molar-refractivity contribution in [2.24, 2.45) is 28.8 Å². The molecule has 1 aliphatic carbocycles. The molecule has 7 N–H and O–H groups in total. The second-order valence-corrected chi connectivity index (χ2v) is 13.0. The average Bonchev–Trinajstić information content (AvgIpc) is 3.69. The van der Waals surface area contributed by atoms with E-state index in [-0.39, 0.29) is 17.6 Å². The lowest BCUT2D eigenvalue weighted by Gasteiger charge is -2.35. The van der Waals surface area contributed by atoms with Crippen LogP contribution in [-0.4, -0.2) is 71.3 Å². The number of carbonyl (C=O) groups excluding carboxylic acids is 6. The van der Waals surface area contributed by atoms with Crippen LogP contribution in [0.4, 0.5) is 4.79 Å². The van der Waals surface area contributed by atoms with Crippen LogP contribution in [0.5, 0.6) is 0 Å². The number of halogens is 1. The van der Waals surface area contributed by atoms with Gasteiger partial charge in [0.15, 0.2) is 5.78 Å². The molecule has 2 aliphatic rings. The Bertz CT molecular complexity index is 1170. The summed E-state index contributed by atoms with van der Waals surface area (Å²) < 4.78 is 0. The van der Waals surface area contributed by atoms with E-state index >= 15 is 0 Å². The average molecular weight is 651 g/mol. The zero-order chi connectivity index (χ0) is 34.5. The maximum Gasteiger partial charge on any atom is 0.316 e. The van der Waals surface area contributed by atoms with Gasteiger partial charge in [-0.05, 0) is 60.8 Å². The lowest BCUT2D eigenvalue weighted by atomic mass is 9.85. The SMILES string of the molecule is CC.CC(C)C(NC(=O)NC(C(=O)N1CCCC1C=O)C(C)(C)C)C(=O)c1ccc(Cl)cc1.NNC(CC1CC1)C(=O)C(N)=O. The van der Waals surface area contributed by atoms with Crippen molar-refractivity contribution in [3.05, 3.63) is 34.9 Å². The number of benzene rings is 1. The van der Waals surface area contributed by atoms with Crippen molar-refractivity contribution in [1.29, 1.82) is 0 Å². The maximum atomic E-state index is 13.1.